The number of halogens is 1. The molecule has 0 aromatic carbocycles. The van der Waals surface area contributed by atoms with E-state index in [4.69, 9.17) is 7.85 Å². The van der Waals surface area contributed by atoms with Crippen molar-refractivity contribution in [1.29, 1.82) is 0 Å². The molecule has 0 bridgehead atoms. The number of carbonyl (C=O) groups excluding carboxylic acids is 1. The van der Waals surface area contributed by atoms with E-state index in [1.807, 2.05) is 0 Å². The number of aliphatic hydroxyl groups is 1. The van der Waals surface area contributed by atoms with E-state index in [1.165, 1.54) is 12.2 Å². The van der Waals surface area contributed by atoms with E-state index in [-0.39, 0.29) is 24.1 Å². The van der Waals surface area contributed by atoms with Crippen LogP contribution in [0, 0.1) is 0 Å². The molecule has 1 aliphatic rings. The Labute approximate surface area is 76.9 Å². The zero-order valence-electron chi connectivity index (χ0n) is 6.96. The number of carbonyl (C=O) groups is 1. The zero-order chi connectivity index (χ0) is 9.84. The summed E-state index contributed by atoms with van der Waals surface area (Å²) in [6.45, 7) is 0. The molecular weight excluding hydrogens is 170 g/mol. The van der Waals surface area contributed by atoms with E-state index in [1.54, 1.807) is 0 Å². The van der Waals surface area contributed by atoms with Crippen LogP contribution in [0.4, 0.5) is 4.39 Å². The summed E-state index contributed by atoms with van der Waals surface area (Å²) in [7, 11) is 5.16. The Morgan fingerprint density at radius 1 is 1.69 bits per heavy atom. The van der Waals surface area contributed by atoms with Gasteiger partial charge in [0.15, 0.2) is 11.6 Å². The van der Waals surface area contributed by atoms with Gasteiger partial charge in [-0.2, -0.15) is 0 Å². The molecule has 0 aromatic rings. The number of hydrogen-bond donors (Lipinski definition) is 1. The van der Waals surface area contributed by atoms with Crippen LogP contribution < -0.4 is 0 Å². The molecule has 0 aliphatic heterocycles. The molecule has 1 aliphatic carbocycles. The fourth-order valence-corrected chi connectivity index (χ4v) is 0.953. The highest BCUT2D eigenvalue weighted by Crippen LogP contribution is 2.17. The lowest BCUT2D eigenvalue weighted by Gasteiger charge is -1.98. The normalized spacial score (nSPS) is 21.0. The third-order valence-electron chi connectivity index (χ3n) is 1.68. The quantitative estimate of drug-likeness (QED) is 0.490. The van der Waals surface area contributed by atoms with Crippen molar-refractivity contribution < 1.29 is 14.3 Å². The smallest absolute Gasteiger partial charge is 0.194 e. The summed E-state index contributed by atoms with van der Waals surface area (Å²) >= 11 is 0. The third-order valence-corrected chi connectivity index (χ3v) is 1.68. The third kappa shape index (κ3) is 2.31. The minimum absolute atomic E-state index is 0.0175. The first kappa shape index (κ1) is 9.77. The molecule has 1 rings (SSSR count). The second-order valence-corrected chi connectivity index (χ2v) is 2.63. The first-order valence-corrected chi connectivity index (χ1v) is 3.84. The molecule has 0 saturated carbocycles. The zero-order valence-corrected chi connectivity index (χ0v) is 6.96. The molecule has 13 heavy (non-hydrogen) atoms. The van der Waals surface area contributed by atoms with Crippen LogP contribution in [0.2, 0.25) is 6.32 Å². The Kier molecular flexibility index (Phi) is 3.06. The van der Waals surface area contributed by atoms with Crippen LogP contribution in [-0.4, -0.2) is 18.7 Å². The fraction of sp³-hybridized carbons (Fsp3) is 0.222. The summed E-state index contributed by atoms with van der Waals surface area (Å²) in [5, 5.41) is 9.19. The molecule has 0 spiro atoms. The standard InChI is InChI=1S/C9H8BFO2/c10-5-9(13)6-2-1-3-8(12)7(11)4-6/h1-2,4,13H,3,5H2. The highest BCUT2D eigenvalue weighted by molar-refractivity contribution is 6.10. The summed E-state index contributed by atoms with van der Waals surface area (Å²) < 4.78 is 12.9. The maximum absolute atomic E-state index is 12.9. The number of Topliss-reactive ketones (excluding diaryl/α,β-unsaturated/α-hetero) is 1. The summed E-state index contributed by atoms with van der Waals surface area (Å²) in [4.78, 5) is 10.8. The van der Waals surface area contributed by atoms with E-state index in [0.717, 1.165) is 6.08 Å². The minimum Gasteiger partial charge on any atom is -0.512 e. The van der Waals surface area contributed by atoms with Crippen LogP contribution in [0.1, 0.15) is 6.42 Å². The Bertz CT molecular complexity index is 316. The number of hydrogen-bond acceptors (Lipinski definition) is 2. The molecular formula is C9H8BFO2. The Hall–Kier alpha value is -1.32. The molecule has 0 unspecified atom stereocenters. The molecule has 0 amide bonds. The Morgan fingerprint density at radius 2 is 2.38 bits per heavy atom. The average molecular weight is 178 g/mol. The molecule has 0 aromatic heterocycles. The number of ketones is 1. The molecule has 0 atom stereocenters. The van der Waals surface area contributed by atoms with Gasteiger partial charge >= 0.3 is 0 Å². The lowest BCUT2D eigenvalue weighted by molar-refractivity contribution is -0.116. The summed E-state index contributed by atoms with van der Waals surface area (Å²) in [5.41, 5.74) is 0.255. The van der Waals surface area contributed by atoms with E-state index < -0.39 is 11.6 Å². The predicted molar refractivity (Wildman–Crippen MR) is 48.2 cm³/mol. The number of rotatable bonds is 1. The summed E-state index contributed by atoms with van der Waals surface area (Å²) in [5.74, 6) is -1.56. The van der Waals surface area contributed by atoms with Crippen molar-refractivity contribution in [2.24, 2.45) is 0 Å². The second-order valence-electron chi connectivity index (χ2n) is 2.63. The van der Waals surface area contributed by atoms with Gasteiger partial charge in [-0.05, 0) is 12.4 Å². The lowest BCUT2D eigenvalue weighted by atomic mass is 9.99. The van der Waals surface area contributed by atoms with Crippen LogP contribution in [0.3, 0.4) is 0 Å². The number of allylic oxidation sites excluding steroid dienone is 6. The first-order chi connectivity index (χ1) is 6.15. The van der Waals surface area contributed by atoms with Crippen molar-refractivity contribution >= 4 is 13.6 Å². The molecule has 66 valence electrons. The highest BCUT2D eigenvalue weighted by Gasteiger charge is 2.11. The van der Waals surface area contributed by atoms with Crippen LogP contribution in [0.5, 0.6) is 0 Å². The summed E-state index contributed by atoms with van der Waals surface area (Å²) in [6.07, 6.45) is 3.91. The molecule has 0 fully saturated rings. The van der Waals surface area contributed by atoms with E-state index >= 15 is 0 Å². The van der Waals surface area contributed by atoms with Gasteiger partial charge in [-0.1, -0.05) is 12.2 Å². The Morgan fingerprint density at radius 3 is 3.00 bits per heavy atom. The maximum atomic E-state index is 12.9. The first-order valence-electron chi connectivity index (χ1n) is 3.84. The molecule has 0 saturated heterocycles. The van der Waals surface area contributed by atoms with Gasteiger partial charge in [-0.3, -0.25) is 4.79 Å². The topological polar surface area (TPSA) is 37.3 Å². The van der Waals surface area contributed by atoms with Gasteiger partial charge in [-0.25, -0.2) is 4.39 Å². The van der Waals surface area contributed by atoms with Gasteiger partial charge in [0.05, 0.1) is 13.6 Å². The summed E-state index contributed by atoms with van der Waals surface area (Å²) in [6, 6.07) is 0. The minimum atomic E-state index is -0.847. The van der Waals surface area contributed by atoms with Gasteiger partial charge in [-0.15, -0.1) is 0 Å². The molecule has 2 radical (unpaired) electrons. The van der Waals surface area contributed by atoms with Gasteiger partial charge in [0, 0.05) is 12.0 Å². The SMILES string of the molecule is [B]CC(O)=C1C=CCC(=O)C(F)=C1. The van der Waals surface area contributed by atoms with Crippen LogP contribution in [0.25, 0.3) is 0 Å². The van der Waals surface area contributed by atoms with Crippen molar-refractivity contribution in [3.8, 4) is 0 Å². The monoisotopic (exact) mass is 178 g/mol. The second kappa shape index (κ2) is 4.07. The van der Waals surface area contributed by atoms with Crippen LogP contribution in [-0.2, 0) is 4.79 Å². The highest BCUT2D eigenvalue weighted by atomic mass is 19.1. The lowest BCUT2D eigenvalue weighted by Crippen LogP contribution is -1.94. The van der Waals surface area contributed by atoms with Crippen molar-refractivity contribution in [3.63, 3.8) is 0 Å². The van der Waals surface area contributed by atoms with E-state index in [2.05, 4.69) is 0 Å². The van der Waals surface area contributed by atoms with Crippen LogP contribution in [0.15, 0.2) is 35.4 Å². The molecule has 0 heterocycles. The van der Waals surface area contributed by atoms with Crippen molar-refractivity contribution in [1.82, 2.24) is 0 Å². The average Bonchev–Trinajstić information content (AvgIpc) is 2.28. The largest absolute Gasteiger partial charge is 0.512 e. The van der Waals surface area contributed by atoms with Gasteiger partial charge in [0.2, 0.25) is 0 Å². The maximum Gasteiger partial charge on any atom is 0.194 e. The van der Waals surface area contributed by atoms with Crippen molar-refractivity contribution in [3.05, 3.63) is 35.4 Å². The predicted octanol–water partition coefficient (Wildman–Crippen LogP) is 1.77. The van der Waals surface area contributed by atoms with Crippen LogP contribution >= 0.6 is 0 Å². The molecule has 4 heteroatoms. The van der Waals surface area contributed by atoms with Crippen molar-refractivity contribution in [2.45, 2.75) is 12.7 Å². The van der Waals surface area contributed by atoms with Gasteiger partial charge in [0.25, 0.3) is 0 Å². The molecule has 1 N–H and O–H groups in total. The molecule has 2 nitrogen and oxygen atoms in total. The van der Waals surface area contributed by atoms with E-state index in [0.29, 0.717) is 0 Å². The van der Waals surface area contributed by atoms with Gasteiger partial charge < -0.3 is 5.11 Å². The van der Waals surface area contributed by atoms with Gasteiger partial charge in [0.1, 0.15) is 0 Å². The van der Waals surface area contributed by atoms with Crippen molar-refractivity contribution in [2.75, 3.05) is 0 Å². The Balaban J connectivity index is 3.07. The number of aliphatic hydroxyl groups excluding tert-OH is 1. The fourth-order valence-electron chi connectivity index (χ4n) is 0.953. The van der Waals surface area contributed by atoms with E-state index in [9.17, 15) is 14.3 Å².